The van der Waals surface area contributed by atoms with Crippen LogP contribution in [-0.2, 0) is 13.0 Å². The first-order chi connectivity index (χ1) is 14.5. The van der Waals surface area contributed by atoms with Crippen LogP contribution in [0.4, 0.5) is 0 Å². The fraction of sp³-hybridized carbons (Fsp3) is 0.560. The molecule has 0 unspecified atom stereocenters. The molecule has 1 aromatic heterocycles. The lowest BCUT2D eigenvalue weighted by atomic mass is 9.55. The van der Waals surface area contributed by atoms with Crippen LogP contribution in [0.25, 0.3) is 0 Å². The van der Waals surface area contributed by atoms with Crippen LogP contribution < -0.4 is 0 Å². The Balaban J connectivity index is 1.37. The third-order valence-corrected chi connectivity index (χ3v) is 8.13. The molecule has 0 bridgehead atoms. The summed E-state index contributed by atoms with van der Waals surface area (Å²) in [5.41, 5.74) is 6.37. The zero-order chi connectivity index (χ0) is 20.9. The highest BCUT2D eigenvalue weighted by Gasteiger charge is 2.53. The van der Waals surface area contributed by atoms with Gasteiger partial charge in [-0.25, -0.2) is 0 Å². The minimum atomic E-state index is 0.176. The monoisotopic (exact) mass is 404 g/mol. The number of phenolic OH excluding ortho intramolecular Hbond substituents is 1. The minimum absolute atomic E-state index is 0.176. The van der Waals surface area contributed by atoms with E-state index in [4.69, 9.17) is 5.10 Å². The molecular weight excluding hydrogens is 372 g/mol. The van der Waals surface area contributed by atoms with E-state index in [1.165, 1.54) is 42.5 Å². The van der Waals surface area contributed by atoms with Gasteiger partial charge < -0.3 is 5.11 Å². The van der Waals surface area contributed by atoms with Crippen LogP contribution in [0.15, 0.2) is 34.6 Å². The Kier molecular flexibility index (Phi) is 4.79. The van der Waals surface area contributed by atoms with E-state index < -0.39 is 0 Å². The number of fused-ring (bicyclic) bond motifs is 5. The third kappa shape index (κ3) is 3.10. The number of rotatable bonds is 3. The molecule has 158 valence electrons. The molecule has 1 aromatic carbocycles. The Labute approximate surface area is 178 Å². The van der Waals surface area contributed by atoms with Crippen molar-refractivity contribution in [3.8, 4) is 5.75 Å². The van der Waals surface area contributed by atoms with Gasteiger partial charge in [-0.05, 0) is 93.4 Å². The minimum Gasteiger partial charge on any atom is -0.508 e. The maximum atomic E-state index is 9.87. The second kappa shape index (κ2) is 7.36. The number of nitrogens with zero attached hydrogens (tertiary/aromatic N) is 4. The molecule has 0 spiro atoms. The maximum Gasteiger partial charge on any atom is 0.115 e. The maximum absolute atomic E-state index is 9.87. The number of hydrogen-bond acceptors (Lipinski definition) is 4. The van der Waals surface area contributed by atoms with Crippen LogP contribution in [0, 0.1) is 24.2 Å². The molecule has 0 amide bonds. The van der Waals surface area contributed by atoms with E-state index in [2.05, 4.69) is 30.1 Å². The van der Waals surface area contributed by atoms with Gasteiger partial charge in [0.05, 0.1) is 11.9 Å². The molecule has 3 aliphatic carbocycles. The molecule has 4 atom stereocenters. The molecule has 0 aliphatic heterocycles. The topological polar surface area (TPSA) is 62.8 Å². The molecule has 1 heterocycles. The van der Waals surface area contributed by atoms with Gasteiger partial charge in [-0.3, -0.25) is 4.68 Å². The number of hydrogen-bond donors (Lipinski definition) is 1. The number of aromatic nitrogens is 2. The standard InChI is InChI=1S/C25H32N4O/c1-4-29-15-18(16(2)28-29)14-26-27-24-10-9-23-22-7-5-17-13-19(30)6-8-20(17)21(22)11-12-25(23,24)3/h6,8,13-15,21-23,30H,4-5,7,9-12H2,1-3H3/b26-14-,27-24-/t21-,22+,23-,25-/m0/s1. The van der Waals surface area contributed by atoms with Crippen molar-refractivity contribution >= 4 is 11.9 Å². The van der Waals surface area contributed by atoms with E-state index in [0.717, 1.165) is 36.6 Å². The normalized spacial score (nSPS) is 31.7. The van der Waals surface area contributed by atoms with E-state index in [1.807, 2.05) is 36.1 Å². The van der Waals surface area contributed by atoms with Gasteiger partial charge in [-0.2, -0.15) is 15.3 Å². The largest absolute Gasteiger partial charge is 0.508 e. The predicted octanol–water partition coefficient (Wildman–Crippen LogP) is 5.25. The van der Waals surface area contributed by atoms with E-state index in [-0.39, 0.29) is 5.41 Å². The summed E-state index contributed by atoms with van der Waals surface area (Å²) in [5.74, 6) is 2.46. The molecule has 2 fully saturated rings. The third-order valence-electron chi connectivity index (χ3n) is 8.13. The lowest BCUT2D eigenvalue weighted by Gasteiger charge is -2.49. The summed E-state index contributed by atoms with van der Waals surface area (Å²) < 4.78 is 1.94. The van der Waals surface area contributed by atoms with Crippen molar-refractivity contribution in [2.45, 2.75) is 71.8 Å². The molecule has 2 saturated carbocycles. The summed E-state index contributed by atoms with van der Waals surface area (Å²) in [6.07, 6.45) is 10.9. The van der Waals surface area contributed by atoms with Crippen LogP contribution in [0.1, 0.15) is 74.3 Å². The second-order valence-corrected chi connectivity index (χ2v) is 9.61. The van der Waals surface area contributed by atoms with Gasteiger partial charge in [0.15, 0.2) is 0 Å². The summed E-state index contributed by atoms with van der Waals surface area (Å²) in [6, 6.07) is 6.03. The van der Waals surface area contributed by atoms with Gasteiger partial charge >= 0.3 is 0 Å². The van der Waals surface area contributed by atoms with Crippen molar-refractivity contribution in [1.82, 2.24) is 9.78 Å². The first-order valence-electron chi connectivity index (χ1n) is 11.5. The number of aryl methyl sites for hydroxylation is 3. The van der Waals surface area contributed by atoms with E-state index in [1.54, 1.807) is 0 Å². The molecule has 5 heteroatoms. The van der Waals surface area contributed by atoms with Gasteiger partial charge in [0.25, 0.3) is 0 Å². The Morgan fingerprint density at radius 1 is 1.27 bits per heavy atom. The summed E-state index contributed by atoms with van der Waals surface area (Å²) in [7, 11) is 0. The molecule has 3 aliphatic rings. The molecule has 2 aromatic rings. The van der Waals surface area contributed by atoms with Crippen molar-refractivity contribution in [3.63, 3.8) is 0 Å². The fourth-order valence-corrected chi connectivity index (χ4v) is 6.50. The van der Waals surface area contributed by atoms with Crippen LogP contribution in [0.3, 0.4) is 0 Å². The molecule has 5 rings (SSSR count). The van der Waals surface area contributed by atoms with Crippen molar-refractivity contribution in [2.24, 2.45) is 27.5 Å². The van der Waals surface area contributed by atoms with E-state index in [0.29, 0.717) is 17.6 Å². The number of phenols is 1. The predicted molar refractivity (Wildman–Crippen MR) is 120 cm³/mol. The summed E-state index contributed by atoms with van der Waals surface area (Å²) >= 11 is 0. The van der Waals surface area contributed by atoms with Crippen molar-refractivity contribution in [3.05, 3.63) is 46.8 Å². The SMILES string of the molecule is CCn1cc(/C=N\N=C2\CC[C@H]3[C@@H]4CCc5cc(O)ccc5[C@@H]4CC[C@]23C)c(C)n1. The highest BCUT2D eigenvalue weighted by molar-refractivity contribution is 5.93. The first-order valence-corrected chi connectivity index (χ1v) is 11.5. The lowest BCUT2D eigenvalue weighted by molar-refractivity contribution is 0.0955. The summed E-state index contributed by atoms with van der Waals surface area (Å²) in [4.78, 5) is 0. The zero-order valence-corrected chi connectivity index (χ0v) is 18.3. The van der Waals surface area contributed by atoms with Gasteiger partial charge in [-0.15, -0.1) is 0 Å². The van der Waals surface area contributed by atoms with Gasteiger partial charge in [0.1, 0.15) is 5.75 Å². The quantitative estimate of drug-likeness (QED) is 0.561. The van der Waals surface area contributed by atoms with Gasteiger partial charge in [0, 0.05) is 29.4 Å². The Morgan fingerprint density at radius 3 is 2.93 bits per heavy atom. The molecule has 0 radical (unpaired) electrons. The van der Waals surface area contributed by atoms with E-state index in [9.17, 15) is 5.11 Å². The van der Waals surface area contributed by atoms with Crippen LogP contribution in [0.5, 0.6) is 5.75 Å². The second-order valence-electron chi connectivity index (χ2n) is 9.61. The fourth-order valence-electron chi connectivity index (χ4n) is 6.50. The summed E-state index contributed by atoms with van der Waals surface area (Å²) in [5, 5.41) is 23.6. The molecule has 5 nitrogen and oxygen atoms in total. The Bertz CT molecular complexity index is 1020. The highest BCUT2D eigenvalue weighted by Crippen LogP contribution is 2.60. The molecule has 1 N–H and O–H groups in total. The zero-order valence-electron chi connectivity index (χ0n) is 18.3. The Hall–Kier alpha value is -2.43. The van der Waals surface area contributed by atoms with Gasteiger partial charge in [-0.1, -0.05) is 13.0 Å². The average molecular weight is 405 g/mol. The van der Waals surface area contributed by atoms with Crippen LogP contribution in [0.2, 0.25) is 0 Å². The molecule has 0 saturated heterocycles. The molecule has 30 heavy (non-hydrogen) atoms. The lowest BCUT2D eigenvalue weighted by Crippen LogP contribution is -2.42. The smallest absolute Gasteiger partial charge is 0.115 e. The van der Waals surface area contributed by atoms with Crippen molar-refractivity contribution in [2.75, 3.05) is 0 Å². The Morgan fingerprint density at radius 2 is 2.13 bits per heavy atom. The average Bonchev–Trinajstić information content (AvgIpc) is 3.27. The highest BCUT2D eigenvalue weighted by atomic mass is 16.3. The van der Waals surface area contributed by atoms with Crippen LogP contribution >= 0.6 is 0 Å². The van der Waals surface area contributed by atoms with Crippen molar-refractivity contribution < 1.29 is 5.11 Å². The van der Waals surface area contributed by atoms with Gasteiger partial charge in [0.2, 0.25) is 0 Å². The summed E-state index contributed by atoms with van der Waals surface area (Å²) in [6.45, 7) is 7.42. The van der Waals surface area contributed by atoms with Crippen molar-refractivity contribution in [1.29, 1.82) is 0 Å². The molecular formula is C25H32N4O. The number of benzene rings is 1. The number of aromatic hydroxyl groups is 1. The first kappa shape index (κ1) is 19.5. The van der Waals surface area contributed by atoms with Crippen LogP contribution in [-0.4, -0.2) is 26.8 Å². The van der Waals surface area contributed by atoms with E-state index >= 15 is 0 Å².